The van der Waals surface area contributed by atoms with E-state index in [-0.39, 0.29) is 0 Å². The van der Waals surface area contributed by atoms with Crippen LogP contribution in [0.25, 0.3) is 11.4 Å². The van der Waals surface area contributed by atoms with Crippen molar-refractivity contribution in [3.8, 4) is 11.4 Å². The van der Waals surface area contributed by atoms with Crippen molar-refractivity contribution in [1.82, 2.24) is 29.8 Å². The monoisotopic (exact) mass is 418 g/mol. The third-order valence-corrected chi connectivity index (χ3v) is 7.59. The van der Waals surface area contributed by atoms with Gasteiger partial charge in [-0.2, -0.15) is 4.98 Å². The first-order chi connectivity index (χ1) is 15.2. The molecule has 162 valence electrons. The Bertz CT molecular complexity index is 1080. The van der Waals surface area contributed by atoms with Crippen LogP contribution in [0.3, 0.4) is 0 Å². The molecule has 0 unspecified atom stereocenters. The smallest absolute Gasteiger partial charge is 0.241 e. The van der Waals surface area contributed by atoms with Gasteiger partial charge in [-0.1, -0.05) is 35.3 Å². The van der Waals surface area contributed by atoms with Crippen LogP contribution >= 0.6 is 0 Å². The summed E-state index contributed by atoms with van der Waals surface area (Å²) in [5.74, 6) is 4.48. The second-order valence-corrected chi connectivity index (χ2v) is 9.71. The van der Waals surface area contributed by atoms with Crippen LogP contribution in [0.4, 0.5) is 0 Å². The van der Waals surface area contributed by atoms with E-state index in [1.54, 1.807) is 0 Å². The molecule has 1 spiro atoms. The molecule has 0 radical (unpaired) electrons. The third-order valence-electron chi connectivity index (χ3n) is 7.59. The van der Waals surface area contributed by atoms with Crippen molar-refractivity contribution >= 4 is 0 Å². The molecule has 1 saturated heterocycles. The Hall–Kier alpha value is -2.54. The van der Waals surface area contributed by atoms with E-state index in [0.717, 1.165) is 38.2 Å². The fraction of sp³-hybridized carbons (Fsp3) is 0.583. The summed E-state index contributed by atoms with van der Waals surface area (Å²) in [6.07, 6.45) is 8.64. The number of rotatable bonds is 4. The second kappa shape index (κ2) is 7.55. The van der Waals surface area contributed by atoms with Gasteiger partial charge in [0.1, 0.15) is 11.6 Å². The molecule has 0 N–H and O–H groups in total. The molecule has 1 saturated carbocycles. The zero-order chi connectivity index (χ0) is 20.8. The number of hydrogen-bond donors (Lipinski definition) is 0. The molecule has 4 heterocycles. The first-order valence-corrected chi connectivity index (χ1v) is 11.7. The van der Waals surface area contributed by atoms with E-state index in [4.69, 9.17) is 4.52 Å². The highest BCUT2D eigenvalue weighted by Gasteiger charge is 2.57. The van der Waals surface area contributed by atoms with Crippen molar-refractivity contribution in [1.29, 1.82) is 0 Å². The average Bonchev–Trinajstić information content (AvgIpc) is 3.13. The number of hydrogen-bond acceptors (Lipinski definition) is 6. The molecule has 1 aliphatic carbocycles. The summed E-state index contributed by atoms with van der Waals surface area (Å²) < 4.78 is 8.01. The zero-order valence-corrected chi connectivity index (χ0v) is 18.3. The second-order valence-electron chi connectivity index (χ2n) is 9.71. The molecule has 1 aromatic carbocycles. The van der Waals surface area contributed by atoms with E-state index in [9.17, 15) is 0 Å². The zero-order valence-electron chi connectivity index (χ0n) is 18.3. The predicted molar refractivity (Wildman–Crippen MR) is 116 cm³/mol. The van der Waals surface area contributed by atoms with Crippen molar-refractivity contribution in [3.63, 3.8) is 0 Å². The predicted octanol–water partition coefficient (Wildman–Crippen LogP) is 4.13. The maximum atomic E-state index is 5.56. The summed E-state index contributed by atoms with van der Waals surface area (Å²) in [4.78, 5) is 7.10. The third kappa shape index (κ3) is 3.59. The van der Waals surface area contributed by atoms with Crippen molar-refractivity contribution in [2.75, 3.05) is 13.1 Å². The topological polar surface area (TPSA) is 72.9 Å². The van der Waals surface area contributed by atoms with Gasteiger partial charge in [0.2, 0.25) is 11.7 Å². The van der Waals surface area contributed by atoms with Gasteiger partial charge in [0.25, 0.3) is 0 Å². The largest absolute Gasteiger partial charge is 0.338 e. The Morgan fingerprint density at radius 1 is 1.10 bits per heavy atom. The average molecular weight is 419 g/mol. The van der Waals surface area contributed by atoms with Crippen molar-refractivity contribution < 1.29 is 4.52 Å². The quantitative estimate of drug-likeness (QED) is 0.634. The fourth-order valence-electron chi connectivity index (χ4n) is 5.60. The molecule has 0 amide bonds. The number of nitrogens with zero attached hydrogens (tertiary/aromatic N) is 6. The van der Waals surface area contributed by atoms with E-state index >= 15 is 0 Å². The van der Waals surface area contributed by atoms with Gasteiger partial charge in [0, 0.05) is 24.4 Å². The lowest BCUT2D eigenvalue weighted by Gasteiger charge is -2.31. The maximum absolute atomic E-state index is 5.56. The van der Waals surface area contributed by atoms with Gasteiger partial charge in [-0.15, -0.1) is 10.2 Å². The SMILES string of the molecule is Cc1cccc(-c2noc(CN3CCC4(CC3)C[C@H]4c3nnc4n3CCCCC4)n2)c1. The van der Waals surface area contributed by atoms with E-state index in [1.807, 2.05) is 12.1 Å². The summed E-state index contributed by atoms with van der Waals surface area (Å²) in [6.45, 7) is 6.09. The summed E-state index contributed by atoms with van der Waals surface area (Å²) in [7, 11) is 0. The highest BCUT2D eigenvalue weighted by molar-refractivity contribution is 5.55. The Balaban J connectivity index is 1.08. The van der Waals surface area contributed by atoms with Crippen LogP contribution in [0.1, 0.15) is 67.5 Å². The summed E-state index contributed by atoms with van der Waals surface area (Å²) in [6, 6.07) is 8.24. The lowest BCUT2D eigenvalue weighted by atomic mass is 9.90. The Morgan fingerprint density at radius 2 is 2.00 bits per heavy atom. The van der Waals surface area contributed by atoms with Crippen LogP contribution in [-0.2, 0) is 19.5 Å². The van der Waals surface area contributed by atoms with Gasteiger partial charge in [0.15, 0.2) is 0 Å². The standard InChI is InChI=1S/C24H30N6O/c1-17-6-5-7-18(14-17)22-25-21(31-28-22)16-29-12-9-24(10-13-29)15-19(24)23-27-26-20-8-3-2-4-11-30(20)23/h5-7,14,19H,2-4,8-13,15-16H2,1H3/t19-/m0/s1. The summed E-state index contributed by atoms with van der Waals surface area (Å²) >= 11 is 0. The first kappa shape index (κ1) is 19.2. The number of piperidine rings is 1. The first-order valence-electron chi connectivity index (χ1n) is 11.7. The van der Waals surface area contributed by atoms with Gasteiger partial charge >= 0.3 is 0 Å². The highest BCUT2D eigenvalue weighted by atomic mass is 16.5. The molecular formula is C24H30N6O. The molecule has 7 heteroatoms. The number of likely N-dealkylation sites (tertiary alicyclic amines) is 1. The normalized spacial score (nSPS) is 22.9. The minimum Gasteiger partial charge on any atom is -0.338 e. The number of benzene rings is 1. The van der Waals surface area contributed by atoms with Gasteiger partial charge in [-0.05, 0) is 63.6 Å². The van der Waals surface area contributed by atoms with E-state index in [2.05, 4.69) is 48.9 Å². The van der Waals surface area contributed by atoms with E-state index in [1.165, 1.54) is 55.7 Å². The van der Waals surface area contributed by atoms with E-state index in [0.29, 0.717) is 23.0 Å². The van der Waals surface area contributed by atoms with Crippen molar-refractivity contribution in [2.24, 2.45) is 5.41 Å². The number of fused-ring (bicyclic) bond motifs is 1. The Kier molecular flexibility index (Phi) is 4.67. The molecule has 2 aromatic heterocycles. The number of aryl methyl sites for hydroxylation is 2. The van der Waals surface area contributed by atoms with Crippen LogP contribution in [0.15, 0.2) is 28.8 Å². The summed E-state index contributed by atoms with van der Waals surface area (Å²) in [5.41, 5.74) is 2.66. The molecule has 3 aliphatic rings. The fourth-order valence-corrected chi connectivity index (χ4v) is 5.60. The van der Waals surface area contributed by atoms with Crippen molar-refractivity contribution in [3.05, 3.63) is 47.4 Å². The van der Waals surface area contributed by atoms with Gasteiger partial charge < -0.3 is 9.09 Å². The molecule has 31 heavy (non-hydrogen) atoms. The van der Waals surface area contributed by atoms with Crippen LogP contribution in [0.2, 0.25) is 0 Å². The molecular weight excluding hydrogens is 388 g/mol. The minimum atomic E-state index is 0.439. The molecule has 3 aromatic rings. The maximum Gasteiger partial charge on any atom is 0.241 e. The van der Waals surface area contributed by atoms with Gasteiger partial charge in [-0.3, -0.25) is 4.90 Å². The van der Waals surface area contributed by atoms with Crippen LogP contribution in [-0.4, -0.2) is 42.9 Å². The molecule has 0 bridgehead atoms. The molecule has 2 aliphatic heterocycles. The lowest BCUT2D eigenvalue weighted by Crippen LogP contribution is -2.34. The lowest BCUT2D eigenvalue weighted by molar-refractivity contribution is 0.145. The molecule has 6 rings (SSSR count). The summed E-state index contributed by atoms with van der Waals surface area (Å²) in [5, 5.41) is 13.4. The van der Waals surface area contributed by atoms with Crippen molar-refractivity contribution in [2.45, 2.75) is 70.9 Å². The van der Waals surface area contributed by atoms with E-state index < -0.39 is 0 Å². The van der Waals surface area contributed by atoms with Gasteiger partial charge in [0.05, 0.1) is 6.54 Å². The molecule has 7 nitrogen and oxygen atoms in total. The molecule has 1 atom stereocenters. The minimum absolute atomic E-state index is 0.439. The van der Waals surface area contributed by atoms with Crippen LogP contribution < -0.4 is 0 Å². The van der Waals surface area contributed by atoms with Gasteiger partial charge in [-0.25, -0.2) is 0 Å². The Morgan fingerprint density at radius 3 is 2.87 bits per heavy atom. The van der Waals surface area contributed by atoms with Crippen LogP contribution in [0, 0.1) is 12.3 Å². The highest BCUT2D eigenvalue weighted by Crippen LogP contribution is 2.64. The Labute approximate surface area is 182 Å². The number of aromatic nitrogens is 5. The van der Waals surface area contributed by atoms with Crippen LogP contribution in [0.5, 0.6) is 0 Å². The molecule has 2 fully saturated rings.